The molecule has 0 radical (unpaired) electrons. The molecule has 0 aromatic heterocycles. The molecular weight excluding hydrogens is 220 g/mol. The zero-order valence-corrected chi connectivity index (χ0v) is 9.92. The maximum absolute atomic E-state index is 11.8. The number of carbonyl (C=O) groups is 1. The Kier molecular flexibility index (Phi) is 3.22. The van der Waals surface area contributed by atoms with Crippen molar-refractivity contribution in [3.05, 3.63) is 35.8 Å². The van der Waals surface area contributed by atoms with Crippen LogP contribution in [0.4, 0.5) is 0 Å². The summed E-state index contributed by atoms with van der Waals surface area (Å²) in [6, 6.07) is 0. The maximum atomic E-state index is 11.8. The molecule has 1 N–H and O–H groups in total. The molecule has 1 aliphatic heterocycles. The Hall–Kier alpha value is -1.71. The molecule has 0 aromatic carbocycles. The van der Waals surface area contributed by atoms with E-state index < -0.39 is 5.92 Å². The number of carbonyl (C=O) groups excluding carboxylic acids is 1. The smallest absolute Gasteiger partial charge is 0.316 e. The van der Waals surface area contributed by atoms with Gasteiger partial charge in [0.25, 0.3) is 0 Å². The standard InChI is InChI=1S/C13H16O4/c1-8-7-9(2)17-13(15)10-3-5-11(14)12(16-8)6-4-10/h3-6,8-10,14H,7H2,1-2H3/t8-,9-,10-/m0/s1. The number of allylic oxidation sites excluding steroid dienone is 2. The van der Waals surface area contributed by atoms with E-state index in [1.807, 2.05) is 13.8 Å². The summed E-state index contributed by atoms with van der Waals surface area (Å²) in [6.45, 7) is 3.72. The van der Waals surface area contributed by atoms with Crippen LogP contribution in [0.15, 0.2) is 35.8 Å². The molecule has 17 heavy (non-hydrogen) atoms. The molecule has 0 unspecified atom stereocenters. The first-order valence-corrected chi connectivity index (χ1v) is 5.73. The molecule has 0 spiro atoms. The van der Waals surface area contributed by atoms with E-state index in [0.717, 1.165) is 0 Å². The average Bonchev–Trinajstić information content (AvgIpc) is 2.41. The van der Waals surface area contributed by atoms with E-state index >= 15 is 0 Å². The molecule has 0 fully saturated rings. The molecule has 2 rings (SSSR count). The number of aliphatic hydroxyl groups is 1. The van der Waals surface area contributed by atoms with Crippen LogP contribution < -0.4 is 0 Å². The van der Waals surface area contributed by atoms with Crippen molar-refractivity contribution in [2.75, 3.05) is 0 Å². The molecule has 2 bridgehead atoms. The fourth-order valence-corrected chi connectivity index (χ4v) is 1.93. The van der Waals surface area contributed by atoms with Gasteiger partial charge in [0.2, 0.25) is 0 Å². The van der Waals surface area contributed by atoms with Gasteiger partial charge in [0.1, 0.15) is 6.10 Å². The van der Waals surface area contributed by atoms with Crippen molar-refractivity contribution in [3.63, 3.8) is 0 Å². The third kappa shape index (κ3) is 2.70. The van der Waals surface area contributed by atoms with Gasteiger partial charge in [-0.3, -0.25) is 4.79 Å². The minimum atomic E-state index is -0.464. The number of ether oxygens (including phenoxy) is 2. The molecule has 0 saturated carbocycles. The zero-order chi connectivity index (χ0) is 12.4. The second-order valence-electron chi connectivity index (χ2n) is 4.41. The summed E-state index contributed by atoms with van der Waals surface area (Å²) in [5.74, 6) is -0.321. The van der Waals surface area contributed by atoms with Gasteiger partial charge >= 0.3 is 5.97 Å². The maximum Gasteiger partial charge on any atom is 0.316 e. The van der Waals surface area contributed by atoms with E-state index in [0.29, 0.717) is 12.2 Å². The molecule has 3 atom stereocenters. The van der Waals surface area contributed by atoms with E-state index in [2.05, 4.69) is 0 Å². The third-order valence-corrected chi connectivity index (χ3v) is 2.75. The highest BCUT2D eigenvalue weighted by atomic mass is 16.5. The van der Waals surface area contributed by atoms with Crippen molar-refractivity contribution in [2.24, 2.45) is 5.92 Å². The lowest BCUT2D eigenvalue weighted by Gasteiger charge is -2.21. The van der Waals surface area contributed by atoms with Gasteiger partial charge < -0.3 is 14.6 Å². The Labute approximate surface area is 100 Å². The van der Waals surface area contributed by atoms with Crippen molar-refractivity contribution in [1.82, 2.24) is 0 Å². The molecule has 1 aliphatic carbocycles. The minimum Gasteiger partial charge on any atom is -0.504 e. The van der Waals surface area contributed by atoms with Crippen LogP contribution in [0.1, 0.15) is 20.3 Å². The van der Waals surface area contributed by atoms with Gasteiger partial charge in [0, 0.05) is 6.42 Å². The summed E-state index contributed by atoms with van der Waals surface area (Å²) >= 11 is 0. The van der Waals surface area contributed by atoms with Crippen LogP contribution in [0.3, 0.4) is 0 Å². The number of cyclic esters (lactones) is 1. The Balaban J connectivity index is 2.34. The first-order valence-electron chi connectivity index (χ1n) is 5.73. The highest BCUT2D eigenvalue weighted by molar-refractivity contribution is 5.77. The van der Waals surface area contributed by atoms with Crippen LogP contribution in [-0.2, 0) is 14.3 Å². The molecule has 4 nitrogen and oxygen atoms in total. The van der Waals surface area contributed by atoms with Crippen molar-refractivity contribution in [1.29, 1.82) is 0 Å². The van der Waals surface area contributed by atoms with E-state index in [-0.39, 0.29) is 23.9 Å². The molecule has 1 heterocycles. The zero-order valence-electron chi connectivity index (χ0n) is 9.92. The summed E-state index contributed by atoms with van der Waals surface area (Å²) in [7, 11) is 0. The molecule has 0 aromatic rings. The van der Waals surface area contributed by atoms with Gasteiger partial charge in [-0.25, -0.2) is 0 Å². The van der Waals surface area contributed by atoms with Gasteiger partial charge in [-0.05, 0) is 26.0 Å². The molecule has 0 amide bonds. The van der Waals surface area contributed by atoms with E-state index in [1.54, 1.807) is 18.2 Å². The fourth-order valence-electron chi connectivity index (χ4n) is 1.93. The van der Waals surface area contributed by atoms with Crippen LogP contribution in [0.25, 0.3) is 0 Å². The van der Waals surface area contributed by atoms with Crippen LogP contribution >= 0.6 is 0 Å². The number of aliphatic hydroxyl groups excluding tert-OH is 1. The first-order chi connectivity index (χ1) is 8.06. The van der Waals surface area contributed by atoms with Crippen LogP contribution in [0.5, 0.6) is 0 Å². The normalized spacial score (nSPS) is 33.1. The monoisotopic (exact) mass is 236 g/mol. The summed E-state index contributed by atoms with van der Waals surface area (Å²) in [5, 5.41) is 9.74. The number of fused-ring (bicyclic) bond motifs is 2. The minimum absolute atomic E-state index is 0.0398. The lowest BCUT2D eigenvalue weighted by atomic mass is 10.1. The van der Waals surface area contributed by atoms with Crippen LogP contribution in [-0.4, -0.2) is 23.3 Å². The van der Waals surface area contributed by atoms with E-state index in [9.17, 15) is 9.90 Å². The van der Waals surface area contributed by atoms with Crippen molar-refractivity contribution >= 4 is 5.97 Å². The van der Waals surface area contributed by atoms with Gasteiger partial charge in [-0.2, -0.15) is 0 Å². The van der Waals surface area contributed by atoms with Crippen LogP contribution in [0, 0.1) is 5.92 Å². The molecule has 92 valence electrons. The lowest BCUT2D eigenvalue weighted by Crippen LogP contribution is -2.25. The van der Waals surface area contributed by atoms with E-state index in [4.69, 9.17) is 9.47 Å². The summed E-state index contributed by atoms with van der Waals surface area (Å²) in [4.78, 5) is 11.8. The average molecular weight is 236 g/mol. The van der Waals surface area contributed by atoms with Crippen LogP contribution in [0.2, 0.25) is 0 Å². The van der Waals surface area contributed by atoms with Gasteiger partial charge in [0.05, 0.1) is 12.0 Å². The van der Waals surface area contributed by atoms with Crippen molar-refractivity contribution in [2.45, 2.75) is 32.5 Å². The van der Waals surface area contributed by atoms with Gasteiger partial charge in [-0.1, -0.05) is 12.2 Å². The Morgan fingerprint density at radius 2 is 1.82 bits per heavy atom. The quantitative estimate of drug-likeness (QED) is 0.655. The Morgan fingerprint density at radius 1 is 1.18 bits per heavy atom. The Morgan fingerprint density at radius 3 is 2.59 bits per heavy atom. The van der Waals surface area contributed by atoms with E-state index in [1.165, 1.54) is 6.08 Å². The predicted octanol–water partition coefficient (Wildman–Crippen LogP) is 2.24. The number of esters is 1. The number of hydrogen-bond acceptors (Lipinski definition) is 4. The lowest BCUT2D eigenvalue weighted by molar-refractivity contribution is -0.151. The second kappa shape index (κ2) is 4.65. The predicted molar refractivity (Wildman–Crippen MR) is 62.1 cm³/mol. The molecule has 4 heteroatoms. The third-order valence-electron chi connectivity index (χ3n) is 2.75. The topological polar surface area (TPSA) is 55.8 Å². The second-order valence-corrected chi connectivity index (χ2v) is 4.41. The molecular formula is C13H16O4. The van der Waals surface area contributed by atoms with Gasteiger partial charge in [0.15, 0.2) is 11.5 Å². The summed E-state index contributed by atoms with van der Waals surface area (Å²) < 4.78 is 10.9. The Bertz CT molecular complexity index is 406. The molecule has 2 aliphatic rings. The summed E-state index contributed by atoms with van der Waals surface area (Å²) in [6.07, 6.45) is 6.65. The van der Waals surface area contributed by atoms with Crippen molar-refractivity contribution in [3.8, 4) is 0 Å². The highest BCUT2D eigenvalue weighted by Gasteiger charge is 2.23. The van der Waals surface area contributed by atoms with Crippen molar-refractivity contribution < 1.29 is 19.4 Å². The fraction of sp³-hybridized carbons (Fsp3) is 0.462. The van der Waals surface area contributed by atoms with Gasteiger partial charge in [-0.15, -0.1) is 0 Å². The number of rotatable bonds is 0. The SMILES string of the molecule is C[C@H]1C[C@H](C)OC2=C(O)C=C[C@@H](C=C2)C(=O)O1. The largest absolute Gasteiger partial charge is 0.504 e. The summed E-state index contributed by atoms with van der Waals surface area (Å²) in [5.41, 5.74) is 0. The molecule has 0 saturated heterocycles. The number of hydrogen-bond donors (Lipinski definition) is 1. The first kappa shape index (κ1) is 11.8. The highest BCUT2D eigenvalue weighted by Crippen LogP contribution is 2.22.